The Bertz CT molecular complexity index is 663. The molecular weight excluding hydrogens is 426 g/mol. The van der Waals surface area contributed by atoms with E-state index in [1.807, 2.05) is 18.2 Å². The third-order valence-corrected chi connectivity index (χ3v) is 4.62. The highest BCUT2D eigenvalue weighted by molar-refractivity contribution is 9.11. The van der Waals surface area contributed by atoms with E-state index >= 15 is 0 Å². The summed E-state index contributed by atoms with van der Waals surface area (Å²) < 4.78 is 9.19. The molecular formula is C12H11Br2N3O3S. The first-order valence-corrected chi connectivity index (χ1v) is 8.35. The molecule has 0 spiro atoms. The standard InChI is InChI=1S/C12H11Br2N3O3S/c1-17-10(15-16-12(17)21-6-11(18)19)5-20-9-3-2-7(13)4-8(9)14/h2-4H,5-6H2,1H3,(H,18,19). The molecule has 9 heteroatoms. The van der Waals surface area contributed by atoms with Crippen LogP contribution in [0.5, 0.6) is 5.75 Å². The maximum Gasteiger partial charge on any atom is 0.313 e. The van der Waals surface area contributed by atoms with Gasteiger partial charge in [0.05, 0.1) is 10.2 Å². The molecule has 6 nitrogen and oxygen atoms in total. The molecule has 2 rings (SSSR count). The first-order valence-electron chi connectivity index (χ1n) is 5.78. The minimum absolute atomic E-state index is 0.0505. The predicted octanol–water partition coefficient (Wildman–Crippen LogP) is 3.10. The Kier molecular flexibility index (Phi) is 5.65. The van der Waals surface area contributed by atoms with Gasteiger partial charge in [-0.2, -0.15) is 0 Å². The van der Waals surface area contributed by atoms with Gasteiger partial charge in [0, 0.05) is 11.5 Å². The van der Waals surface area contributed by atoms with Gasteiger partial charge in [-0.15, -0.1) is 10.2 Å². The van der Waals surface area contributed by atoms with Crippen LogP contribution < -0.4 is 4.74 Å². The van der Waals surface area contributed by atoms with Crippen LogP contribution in [0.2, 0.25) is 0 Å². The number of aliphatic carboxylic acids is 1. The zero-order valence-corrected chi connectivity index (χ0v) is 14.9. The molecule has 0 aliphatic heterocycles. The van der Waals surface area contributed by atoms with Crippen LogP contribution in [0.25, 0.3) is 0 Å². The highest BCUT2D eigenvalue weighted by atomic mass is 79.9. The van der Waals surface area contributed by atoms with Gasteiger partial charge in [0.15, 0.2) is 11.0 Å². The Morgan fingerprint density at radius 2 is 2.19 bits per heavy atom. The molecule has 0 aliphatic rings. The van der Waals surface area contributed by atoms with Crippen molar-refractivity contribution in [2.45, 2.75) is 11.8 Å². The van der Waals surface area contributed by atoms with Crippen molar-refractivity contribution < 1.29 is 14.6 Å². The van der Waals surface area contributed by atoms with Crippen molar-refractivity contribution in [3.63, 3.8) is 0 Å². The number of aromatic nitrogens is 3. The zero-order valence-electron chi connectivity index (χ0n) is 10.9. The Labute approximate surface area is 142 Å². The second-order valence-corrected chi connectivity index (χ2v) is 6.72. The lowest BCUT2D eigenvalue weighted by atomic mass is 10.3. The summed E-state index contributed by atoms with van der Waals surface area (Å²) in [6, 6.07) is 5.61. The van der Waals surface area contributed by atoms with Crippen LogP contribution in [0.4, 0.5) is 0 Å². The summed E-state index contributed by atoms with van der Waals surface area (Å²) >= 11 is 7.91. The lowest BCUT2D eigenvalue weighted by Crippen LogP contribution is -2.05. The summed E-state index contributed by atoms with van der Waals surface area (Å²) in [4.78, 5) is 10.6. The van der Waals surface area contributed by atoms with Crippen molar-refractivity contribution >= 4 is 49.6 Å². The Balaban J connectivity index is 2.02. The van der Waals surface area contributed by atoms with E-state index in [0.717, 1.165) is 20.7 Å². The van der Waals surface area contributed by atoms with Crippen LogP contribution >= 0.6 is 43.6 Å². The molecule has 2 aromatic rings. The van der Waals surface area contributed by atoms with E-state index in [-0.39, 0.29) is 12.4 Å². The van der Waals surface area contributed by atoms with Crippen molar-refractivity contribution in [2.24, 2.45) is 7.05 Å². The Morgan fingerprint density at radius 3 is 2.86 bits per heavy atom. The lowest BCUT2D eigenvalue weighted by Gasteiger charge is -2.08. The van der Waals surface area contributed by atoms with Gasteiger partial charge >= 0.3 is 5.97 Å². The minimum Gasteiger partial charge on any atom is -0.484 e. The molecule has 1 heterocycles. The van der Waals surface area contributed by atoms with Crippen molar-refractivity contribution in [1.29, 1.82) is 0 Å². The van der Waals surface area contributed by atoms with Crippen LogP contribution in [-0.4, -0.2) is 31.6 Å². The number of rotatable bonds is 6. The fourth-order valence-corrected chi connectivity index (χ4v) is 3.27. The number of halogens is 2. The van der Waals surface area contributed by atoms with Crippen LogP contribution in [0.15, 0.2) is 32.3 Å². The Morgan fingerprint density at radius 1 is 1.43 bits per heavy atom. The van der Waals surface area contributed by atoms with E-state index in [4.69, 9.17) is 9.84 Å². The fourth-order valence-electron chi connectivity index (χ4n) is 1.46. The molecule has 0 atom stereocenters. The second-order valence-electron chi connectivity index (χ2n) is 4.00. The summed E-state index contributed by atoms with van der Waals surface area (Å²) in [5.41, 5.74) is 0. The zero-order chi connectivity index (χ0) is 15.4. The van der Waals surface area contributed by atoms with Gasteiger partial charge in [-0.25, -0.2) is 0 Å². The summed E-state index contributed by atoms with van der Waals surface area (Å²) in [5.74, 6) is 0.378. The third-order valence-electron chi connectivity index (χ3n) is 2.50. The van der Waals surface area contributed by atoms with Gasteiger partial charge in [0.25, 0.3) is 0 Å². The average Bonchev–Trinajstić information content (AvgIpc) is 2.76. The van der Waals surface area contributed by atoms with E-state index in [9.17, 15) is 4.79 Å². The molecule has 0 unspecified atom stereocenters. The van der Waals surface area contributed by atoms with Gasteiger partial charge in [0.2, 0.25) is 0 Å². The molecule has 21 heavy (non-hydrogen) atoms. The number of thioether (sulfide) groups is 1. The van der Waals surface area contributed by atoms with Gasteiger partial charge in [-0.3, -0.25) is 4.79 Å². The number of ether oxygens (including phenoxy) is 1. The summed E-state index contributed by atoms with van der Waals surface area (Å²) in [7, 11) is 1.78. The van der Waals surface area contributed by atoms with Crippen LogP contribution in [0.1, 0.15) is 5.82 Å². The molecule has 112 valence electrons. The number of nitrogens with zero attached hydrogens (tertiary/aromatic N) is 3. The maximum atomic E-state index is 10.6. The second kappa shape index (κ2) is 7.28. The number of carboxylic acids is 1. The van der Waals surface area contributed by atoms with Crippen LogP contribution in [0, 0.1) is 0 Å². The summed E-state index contributed by atoms with van der Waals surface area (Å²) in [6.07, 6.45) is 0. The highest BCUT2D eigenvalue weighted by Gasteiger charge is 2.12. The number of hydrogen-bond donors (Lipinski definition) is 1. The Hall–Kier alpha value is -1.06. The third kappa shape index (κ3) is 4.45. The SMILES string of the molecule is Cn1c(COc2ccc(Br)cc2Br)nnc1SCC(=O)O. The van der Waals surface area contributed by atoms with E-state index in [1.165, 1.54) is 0 Å². The molecule has 0 saturated heterocycles. The average molecular weight is 437 g/mol. The summed E-state index contributed by atoms with van der Waals surface area (Å²) in [6.45, 7) is 0.247. The van der Waals surface area contributed by atoms with Gasteiger partial charge in [-0.1, -0.05) is 27.7 Å². The van der Waals surface area contributed by atoms with E-state index in [0.29, 0.717) is 16.7 Å². The molecule has 0 fully saturated rings. The minimum atomic E-state index is -0.889. The topological polar surface area (TPSA) is 77.2 Å². The molecule has 0 radical (unpaired) electrons. The normalized spacial score (nSPS) is 10.6. The molecule has 1 aromatic carbocycles. The van der Waals surface area contributed by atoms with E-state index < -0.39 is 5.97 Å². The monoisotopic (exact) mass is 435 g/mol. The quantitative estimate of drug-likeness (QED) is 0.701. The lowest BCUT2D eigenvalue weighted by molar-refractivity contribution is -0.133. The van der Waals surface area contributed by atoms with Crippen LogP contribution in [-0.2, 0) is 18.4 Å². The number of hydrogen-bond acceptors (Lipinski definition) is 5. The van der Waals surface area contributed by atoms with Crippen molar-refractivity contribution in [3.05, 3.63) is 33.0 Å². The van der Waals surface area contributed by atoms with Crippen LogP contribution in [0.3, 0.4) is 0 Å². The van der Waals surface area contributed by atoms with E-state index in [1.54, 1.807) is 11.6 Å². The first-order chi connectivity index (χ1) is 9.97. The van der Waals surface area contributed by atoms with Crippen molar-refractivity contribution in [1.82, 2.24) is 14.8 Å². The smallest absolute Gasteiger partial charge is 0.313 e. The fraction of sp³-hybridized carbons (Fsp3) is 0.250. The summed E-state index contributed by atoms with van der Waals surface area (Å²) in [5, 5.41) is 17.2. The molecule has 0 saturated carbocycles. The maximum absolute atomic E-state index is 10.6. The van der Waals surface area contributed by atoms with E-state index in [2.05, 4.69) is 42.1 Å². The molecule has 0 bridgehead atoms. The number of carbonyl (C=O) groups is 1. The molecule has 1 N–H and O–H groups in total. The first kappa shape index (κ1) is 16.3. The molecule has 1 aromatic heterocycles. The number of benzene rings is 1. The van der Waals surface area contributed by atoms with Crippen molar-refractivity contribution in [2.75, 3.05) is 5.75 Å². The van der Waals surface area contributed by atoms with Gasteiger partial charge in [0.1, 0.15) is 12.4 Å². The highest BCUT2D eigenvalue weighted by Crippen LogP contribution is 2.28. The molecule has 0 aliphatic carbocycles. The van der Waals surface area contributed by atoms with Crippen molar-refractivity contribution in [3.8, 4) is 5.75 Å². The molecule has 0 amide bonds. The predicted molar refractivity (Wildman–Crippen MR) is 85.5 cm³/mol. The van der Waals surface area contributed by atoms with Gasteiger partial charge in [-0.05, 0) is 34.1 Å². The number of carboxylic acid groups (broad SMARTS) is 1. The van der Waals surface area contributed by atoms with Gasteiger partial charge < -0.3 is 14.4 Å². The largest absolute Gasteiger partial charge is 0.484 e.